The number of benzene rings is 5. The second-order valence-electron chi connectivity index (χ2n) is 14.0. The molecule has 0 amide bonds. The van der Waals surface area contributed by atoms with E-state index in [1.807, 2.05) is 164 Å². The van der Waals surface area contributed by atoms with E-state index in [4.69, 9.17) is 39.9 Å². The molecule has 0 aliphatic carbocycles. The van der Waals surface area contributed by atoms with Crippen molar-refractivity contribution in [2.45, 2.75) is 0 Å². The van der Waals surface area contributed by atoms with Crippen LogP contribution in [0.25, 0.3) is 102 Å². The van der Waals surface area contributed by atoms with Gasteiger partial charge in [-0.3, -0.25) is 4.98 Å². The molecular formula is C52H34N8. The zero-order valence-corrected chi connectivity index (χ0v) is 32.2. The molecular weight excluding hydrogens is 737 g/mol. The number of pyridine rings is 3. The summed E-state index contributed by atoms with van der Waals surface area (Å²) in [5.74, 6) is 2.37. The molecule has 5 aromatic heterocycles. The smallest absolute Gasteiger partial charge is 0.164 e. The predicted molar refractivity (Wildman–Crippen MR) is 238 cm³/mol. The minimum absolute atomic E-state index is 0.559. The van der Waals surface area contributed by atoms with Gasteiger partial charge in [-0.2, -0.15) is 0 Å². The molecule has 60 heavy (non-hydrogen) atoms. The molecule has 5 aromatic carbocycles. The van der Waals surface area contributed by atoms with Crippen LogP contribution in [-0.2, 0) is 0 Å². The van der Waals surface area contributed by atoms with Crippen molar-refractivity contribution in [3.05, 3.63) is 206 Å². The molecule has 0 radical (unpaired) electrons. The molecule has 8 nitrogen and oxygen atoms in total. The van der Waals surface area contributed by atoms with E-state index in [0.717, 1.165) is 50.3 Å². The SMILES string of the molecule is c1ccc(-c2cc(-c3cccc(-c4cc(-c5ccccc5-c5nc(-c6ccccc6)nc(-c6ccccc6)n5)cc(-c5ccccn5)n4)n3)nc(-c3ccccc3)n2)cc1. The van der Waals surface area contributed by atoms with Crippen molar-refractivity contribution < 1.29 is 0 Å². The Balaban J connectivity index is 1.13. The van der Waals surface area contributed by atoms with Crippen molar-refractivity contribution in [3.8, 4) is 102 Å². The number of aromatic nitrogens is 8. The van der Waals surface area contributed by atoms with Crippen LogP contribution >= 0.6 is 0 Å². The third-order valence-electron chi connectivity index (χ3n) is 10.0. The standard InChI is InChI=1S/C52H34N8/c1-5-18-35(19-6-1)45-34-48(57-49(56-45)36-20-7-2-8-21-36)44-30-17-29-43(54-44)47-33-39(32-46(55-47)42-28-15-16-31-53-42)40-26-13-14-27-41(40)52-59-50(37-22-9-3-10-23-37)58-51(60-52)38-24-11-4-12-25-38/h1-34H. The second kappa shape index (κ2) is 16.2. The first-order valence-electron chi connectivity index (χ1n) is 19.6. The quantitative estimate of drug-likeness (QED) is 0.143. The lowest BCUT2D eigenvalue weighted by atomic mass is 9.97. The zero-order chi connectivity index (χ0) is 40.1. The average molecular weight is 771 g/mol. The number of rotatable bonds is 9. The van der Waals surface area contributed by atoms with Crippen LogP contribution in [0.3, 0.4) is 0 Å². The van der Waals surface area contributed by atoms with Gasteiger partial charge in [0.05, 0.1) is 39.9 Å². The van der Waals surface area contributed by atoms with Gasteiger partial charge in [0.2, 0.25) is 0 Å². The molecule has 0 fully saturated rings. The normalized spacial score (nSPS) is 11.0. The molecule has 5 heterocycles. The Hall–Kier alpha value is -8.36. The second-order valence-corrected chi connectivity index (χ2v) is 14.0. The van der Waals surface area contributed by atoms with Crippen molar-refractivity contribution in [3.63, 3.8) is 0 Å². The molecule has 10 rings (SSSR count). The summed E-state index contributed by atoms with van der Waals surface area (Å²) in [4.78, 5) is 40.2. The molecule has 8 heteroatoms. The molecule has 10 aromatic rings. The molecule has 0 bridgehead atoms. The molecule has 0 spiro atoms. The Morgan fingerprint density at radius 3 is 1.20 bits per heavy atom. The summed E-state index contributed by atoms with van der Waals surface area (Å²) in [6.07, 6.45) is 1.78. The summed E-state index contributed by atoms with van der Waals surface area (Å²) in [6, 6.07) is 66.2. The summed E-state index contributed by atoms with van der Waals surface area (Å²) in [5, 5.41) is 0. The average Bonchev–Trinajstić information content (AvgIpc) is 3.35. The highest BCUT2D eigenvalue weighted by atomic mass is 15.0. The lowest BCUT2D eigenvalue weighted by Crippen LogP contribution is -2.01. The van der Waals surface area contributed by atoms with E-state index in [-0.39, 0.29) is 0 Å². The van der Waals surface area contributed by atoms with E-state index in [9.17, 15) is 0 Å². The predicted octanol–water partition coefficient (Wildman–Crippen LogP) is 11.8. The monoisotopic (exact) mass is 770 g/mol. The number of hydrogen-bond donors (Lipinski definition) is 0. The van der Waals surface area contributed by atoms with Crippen LogP contribution in [0.4, 0.5) is 0 Å². The van der Waals surface area contributed by atoms with Crippen molar-refractivity contribution in [1.82, 2.24) is 39.9 Å². The van der Waals surface area contributed by atoms with E-state index >= 15 is 0 Å². The summed E-state index contributed by atoms with van der Waals surface area (Å²) in [6.45, 7) is 0. The minimum atomic E-state index is 0.559. The molecule has 0 aliphatic heterocycles. The van der Waals surface area contributed by atoms with Crippen molar-refractivity contribution in [2.75, 3.05) is 0 Å². The zero-order valence-electron chi connectivity index (χ0n) is 32.2. The maximum Gasteiger partial charge on any atom is 0.164 e. The third-order valence-corrected chi connectivity index (χ3v) is 10.0. The molecule has 0 saturated heterocycles. The van der Waals surface area contributed by atoms with Crippen LogP contribution in [0.15, 0.2) is 206 Å². The maximum absolute atomic E-state index is 5.22. The van der Waals surface area contributed by atoms with E-state index in [0.29, 0.717) is 51.8 Å². The van der Waals surface area contributed by atoms with Gasteiger partial charge in [0.25, 0.3) is 0 Å². The summed E-state index contributed by atoms with van der Waals surface area (Å²) in [5.41, 5.74) is 11.4. The van der Waals surface area contributed by atoms with E-state index in [1.54, 1.807) is 6.20 Å². The van der Waals surface area contributed by atoms with Gasteiger partial charge in [-0.15, -0.1) is 0 Å². The maximum atomic E-state index is 5.22. The Morgan fingerprint density at radius 2 is 0.633 bits per heavy atom. The van der Waals surface area contributed by atoms with Gasteiger partial charge in [-0.25, -0.2) is 34.9 Å². The first-order valence-corrected chi connectivity index (χ1v) is 19.6. The first kappa shape index (κ1) is 36.0. The van der Waals surface area contributed by atoms with Gasteiger partial charge in [-0.1, -0.05) is 158 Å². The number of nitrogens with zero attached hydrogens (tertiary/aromatic N) is 8. The first-order chi connectivity index (χ1) is 29.7. The summed E-state index contributed by atoms with van der Waals surface area (Å²) < 4.78 is 0. The van der Waals surface area contributed by atoms with Crippen LogP contribution in [0.1, 0.15) is 0 Å². The molecule has 0 aliphatic rings. The van der Waals surface area contributed by atoms with Gasteiger partial charge in [0, 0.05) is 34.0 Å². The summed E-state index contributed by atoms with van der Waals surface area (Å²) >= 11 is 0. The van der Waals surface area contributed by atoms with Gasteiger partial charge in [0.15, 0.2) is 23.3 Å². The van der Waals surface area contributed by atoms with Gasteiger partial charge >= 0.3 is 0 Å². The highest BCUT2D eigenvalue weighted by Gasteiger charge is 2.19. The molecule has 0 saturated carbocycles. The van der Waals surface area contributed by atoms with Crippen LogP contribution in [0.2, 0.25) is 0 Å². The van der Waals surface area contributed by atoms with Gasteiger partial charge in [-0.05, 0) is 53.6 Å². The highest BCUT2D eigenvalue weighted by Crippen LogP contribution is 2.36. The lowest BCUT2D eigenvalue weighted by Gasteiger charge is -2.14. The Kier molecular flexibility index (Phi) is 9.75. The van der Waals surface area contributed by atoms with Gasteiger partial charge in [0.1, 0.15) is 0 Å². The van der Waals surface area contributed by atoms with E-state index < -0.39 is 0 Å². The molecule has 0 atom stereocenters. The number of hydrogen-bond acceptors (Lipinski definition) is 8. The molecule has 0 N–H and O–H groups in total. The lowest BCUT2D eigenvalue weighted by molar-refractivity contribution is 1.07. The van der Waals surface area contributed by atoms with Crippen molar-refractivity contribution in [2.24, 2.45) is 0 Å². The Labute approximate surface area is 347 Å². The van der Waals surface area contributed by atoms with E-state index in [2.05, 4.69) is 36.4 Å². The van der Waals surface area contributed by atoms with Crippen LogP contribution in [-0.4, -0.2) is 39.9 Å². The van der Waals surface area contributed by atoms with Crippen LogP contribution in [0, 0.1) is 0 Å². The minimum Gasteiger partial charge on any atom is -0.255 e. The highest BCUT2D eigenvalue weighted by molar-refractivity contribution is 5.85. The topological polar surface area (TPSA) is 103 Å². The fraction of sp³-hybridized carbons (Fsp3) is 0. The Morgan fingerprint density at radius 1 is 0.217 bits per heavy atom. The fourth-order valence-electron chi connectivity index (χ4n) is 7.09. The van der Waals surface area contributed by atoms with Crippen LogP contribution in [0.5, 0.6) is 0 Å². The Bertz CT molecular complexity index is 2960. The largest absolute Gasteiger partial charge is 0.255 e. The molecule has 0 unspecified atom stereocenters. The van der Waals surface area contributed by atoms with Gasteiger partial charge < -0.3 is 0 Å². The van der Waals surface area contributed by atoms with Crippen molar-refractivity contribution >= 4 is 0 Å². The van der Waals surface area contributed by atoms with Crippen LogP contribution < -0.4 is 0 Å². The summed E-state index contributed by atoms with van der Waals surface area (Å²) in [7, 11) is 0. The third kappa shape index (κ3) is 7.56. The fourth-order valence-corrected chi connectivity index (χ4v) is 7.09. The molecule has 282 valence electrons. The van der Waals surface area contributed by atoms with Crippen molar-refractivity contribution in [1.29, 1.82) is 0 Å². The van der Waals surface area contributed by atoms with E-state index in [1.165, 1.54) is 0 Å².